The number of rotatable bonds is 4. The Labute approximate surface area is 154 Å². The maximum Gasteiger partial charge on any atom is 0.319 e. The van der Waals surface area contributed by atoms with Gasteiger partial charge in [-0.05, 0) is 29.8 Å². The van der Waals surface area contributed by atoms with Crippen LogP contribution in [0.4, 0.5) is 10.5 Å². The van der Waals surface area contributed by atoms with Gasteiger partial charge in [-0.2, -0.15) is 5.10 Å². The molecule has 8 heteroatoms. The van der Waals surface area contributed by atoms with E-state index in [0.717, 1.165) is 11.3 Å². The number of nitrogens with one attached hydrogen (secondary N) is 2. The fraction of sp³-hybridized carbons (Fsp3) is 0.111. The minimum atomic E-state index is -0.332. The van der Waals surface area contributed by atoms with Crippen molar-refractivity contribution >= 4 is 23.3 Å². The second-order valence-electron chi connectivity index (χ2n) is 5.62. The first-order valence-corrected chi connectivity index (χ1v) is 8.30. The summed E-state index contributed by atoms with van der Waals surface area (Å²) in [6, 6.07) is 12.6. The molecular formula is C18H15ClN4O3. The van der Waals surface area contributed by atoms with Crippen LogP contribution in [-0.2, 0) is 6.54 Å². The van der Waals surface area contributed by atoms with Crippen molar-refractivity contribution in [1.82, 2.24) is 15.1 Å². The molecule has 0 atom stereocenters. The van der Waals surface area contributed by atoms with E-state index in [-0.39, 0.29) is 12.8 Å². The van der Waals surface area contributed by atoms with Crippen LogP contribution in [0.1, 0.15) is 5.56 Å². The summed E-state index contributed by atoms with van der Waals surface area (Å²) in [6.07, 6.45) is 3.25. The van der Waals surface area contributed by atoms with Crippen molar-refractivity contribution in [1.29, 1.82) is 0 Å². The molecule has 1 aliphatic heterocycles. The lowest BCUT2D eigenvalue weighted by molar-refractivity contribution is 0.174. The third-order valence-electron chi connectivity index (χ3n) is 3.83. The van der Waals surface area contributed by atoms with Gasteiger partial charge in [0, 0.05) is 6.54 Å². The number of hydrogen-bond donors (Lipinski definition) is 2. The van der Waals surface area contributed by atoms with Gasteiger partial charge in [-0.25, -0.2) is 9.48 Å². The highest BCUT2D eigenvalue weighted by Crippen LogP contribution is 2.32. The van der Waals surface area contributed by atoms with Crippen LogP contribution in [0.2, 0.25) is 5.02 Å². The summed E-state index contributed by atoms with van der Waals surface area (Å²) in [4.78, 5) is 12.1. The number of aromatic nitrogens is 2. The Morgan fingerprint density at radius 3 is 2.92 bits per heavy atom. The van der Waals surface area contributed by atoms with Gasteiger partial charge in [-0.3, -0.25) is 0 Å². The van der Waals surface area contributed by atoms with Crippen molar-refractivity contribution in [2.45, 2.75) is 6.54 Å². The van der Waals surface area contributed by atoms with E-state index in [0.29, 0.717) is 28.8 Å². The molecule has 3 aromatic rings. The summed E-state index contributed by atoms with van der Waals surface area (Å²) in [7, 11) is 0. The Bertz CT molecular complexity index is 957. The maximum atomic E-state index is 12.1. The number of benzene rings is 2. The van der Waals surface area contributed by atoms with E-state index < -0.39 is 0 Å². The van der Waals surface area contributed by atoms with Crippen LogP contribution in [-0.4, -0.2) is 22.6 Å². The molecule has 1 aromatic heterocycles. The lowest BCUT2D eigenvalue weighted by atomic mass is 10.2. The van der Waals surface area contributed by atoms with E-state index >= 15 is 0 Å². The van der Waals surface area contributed by atoms with Crippen LogP contribution in [0.3, 0.4) is 0 Å². The number of halogens is 1. The van der Waals surface area contributed by atoms with Gasteiger partial charge in [0.25, 0.3) is 0 Å². The third kappa shape index (κ3) is 3.43. The normalized spacial score (nSPS) is 12.0. The zero-order chi connectivity index (χ0) is 17.9. The average Bonchev–Trinajstić information content (AvgIpc) is 3.29. The molecule has 0 fully saturated rings. The van der Waals surface area contributed by atoms with Gasteiger partial charge in [0.15, 0.2) is 11.5 Å². The number of hydrogen-bond acceptors (Lipinski definition) is 4. The molecular weight excluding hydrogens is 356 g/mol. The molecule has 2 heterocycles. The van der Waals surface area contributed by atoms with Crippen LogP contribution in [0, 0.1) is 0 Å². The Hall–Kier alpha value is -3.19. The summed E-state index contributed by atoms with van der Waals surface area (Å²) < 4.78 is 12.2. The minimum absolute atomic E-state index is 0.224. The molecule has 4 rings (SSSR count). The van der Waals surface area contributed by atoms with E-state index in [4.69, 9.17) is 21.1 Å². The van der Waals surface area contributed by atoms with Gasteiger partial charge >= 0.3 is 6.03 Å². The summed E-state index contributed by atoms with van der Waals surface area (Å²) >= 11 is 6.15. The maximum absolute atomic E-state index is 12.1. The number of urea groups is 1. The average molecular weight is 371 g/mol. The molecule has 0 saturated heterocycles. The van der Waals surface area contributed by atoms with Crippen molar-refractivity contribution in [2.75, 3.05) is 12.1 Å². The number of amides is 2. The van der Waals surface area contributed by atoms with E-state index in [1.165, 1.54) is 0 Å². The van der Waals surface area contributed by atoms with Gasteiger partial charge in [0.2, 0.25) is 6.79 Å². The lowest BCUT2D eigenvalue weighted by Crippen LogP contribution is -2.27. The fourth-order valence-electron chi connectivity index (χ4n) is 2.57. The topological polar surface area (TPSA) is 77.4 Å². The Kier molecular flexibility index (Phi) is 4.37. The SMILES string of the molecule is O=C(NCc1ccc2c(c1)OCO2)Nc1cnn(-c2ccccc2Cl)c1. The Morgan fingerprint density at radius 1 is 1.19 bits per heavy atom. The molecule has 1 aliphatic rings. The van der Waals surface area contributed by atoms with Gasteiger partial charge in [-0.15, -0.1) is 0 Å². The fourth-order valence-corrected chi connectivity index (χ4v) is 2.79. The number of carbonyl (C=O) groups is 1. The summed E-state index contributed by atoms with van der Waals surface area (Å²) in [5.74, 6) is 1.40. The zero-order valence-corrected chi connectivity index (χ0v) is 14.4. The van der Waals surface area contributed by atoms with Crippen molar-refractivity contribution in [3.63, 3.8) is 0 Å². The Morgan fingerprint density at radius 2 is 2.04 bits per heavy atom. The third-order valence-corrected chi connectivity index (χ3v) is 4.15. The highest BCUT2D eigenvalue weighted by Gasteiger charge is 2.13. The smallest absolute Gasteiger partial charge is 0.319 e. The van der Waals surface area contributed by atoms with Crippen LogP contribution in [0.15, 0.2) is 54.9 Å². The number of ether oxygens (including phenoxy) is 2. The molecule has 2 N–H and O–H groups in total. The highest BCUT2D eigenvalue weighted by molar-refractivity contribution is 6.32. The number of fused-ring (bicyclic) bond motifs is 1. The monoisotopic (exact) mass is 370 g/mol. The molecule has 0 saturated carbocycles. The molecule has 2 amide bonds. The summed E-state index contributed by atoms with van der Waals surface area (Å²) in [6.45, 7) is 0.587. The minimum Gasteiger partial charge on any atom is -0.454 e. The largest absolute Gasteiger partial charge is 0.454 e. The molecule has 7 nitrogen and oxygen atoms in total. The molecule has 0 bridgehead atoms. The van der Waals surface area contributed by atoms with Crippen LogP contribution in [0.25, 0.3) is 5.69 Å². The van der Waals surface area contributed by atoms with E-state index in [2.05, 4.69) is 15.7 Å². The number of anilines is 1. The number of para-hydroxylation sites is 1. The zero-order valence-electron chi connectivity index (χ0n) is 13.6. The van der Waals surface area contributed by atoms with Crippen LogP contribution in [0.5, 0.6) is 11.5 Å². The predicted octanol–water partition coefficient (Wildman–Crippen LogP) is 3.58. The molecule has 26 heavy (non-hydrogen) atoms. The van der Waals surface area contributed by atoms with Crippen molar-refractivity contribution in [3.8, 4) is 17.2 Å². The first-order valence-electron chi connectivity index (χ1n) is 7.92. The standard InChI is InChI=1S/C18H15ClN4O3/c19-14-3-1-2-4-15(14)23-10-13(9-21-23)22-18(24)20-8-12-5-6-16-17(7-12)26-11-25-16/h1-7,9-10H,8,11H2,(H2,20,22,24). The van der Waals surface area contributed by atoms with Crippen molar-refractivity contribution in [2.24, 2.45) is 0 Å². The lowest BCUT2D eigenvalue weighted by Gasteiger charge is -2.07. The molecule has 0 radical (unpaired) electrons. The van der Waals surface area contributed by atoms with Crippen molar-refractivity contribution < 1.29 is 14.3 Å². The second kappa shape index (κ2) is 6.97. The molecule has 2 aromatic carbocycles. The van der Waals surface area contributed by atoms with E-state index in [1.807, 2.05) is 36.4 Å². The highest BCUT2D eigenvalue weighted by atomic mass is 35.5. The molecule has 132 valence electrons. The van der Waals surface area contributed by atoms with Gasteiger partial charge in [-0.1, -0.05) is 29.8 Å². The molecule has 0 unspecified atom stereocenters. The first-order chi connectivity index (χ1) is 12.7. The molecule has 0 aliphatic carbocycles. The summed E-state index contributed by atoms with van der Waals surface area (Å²) in [5.41, 5.74) is 2.22. The Balaban J connectivity index is 1.36. The second-order valence-corrected chi connectivity index (χ2v) is 6.03. The van der Waals surface area contributed by atoms with Crippen molar-refractivity contribution in [3.05, 3.63) is 65.4 Å². The van der Waals surface area contributed by atoms with E-state index in [9.17, 15) is 4.79 Å². The van der Waals surface area contributed by atoms with Crippen LogP contribution < -0.4 is 20.1 Å². The quantitative estimate of drug-likeness (QED) is 0.736. The number of carbonyl (C=O) groups excluding carboxylic acids is 1. The van der Waals surface area contributed by atoms with Gasteiger partial charge < -0.3 is 20.1 Å². The number of nitrogens with zero attached hydrogens (tertiary/aromatic N) is 2. The van der Waals surface area contributed by atoms with Gasteiger partial charge in [0.05, 0.1) is 28.8 Å². The predicted molar refractivity (Wildman–Crippen MR) is 97.0 cm³/mol. The van der Waals surface area contributed by atoms with Crippen LogP contribution >= 0.6 is 11.6 Å². The molecule has 0 spiro atoms. The van der Waals surface area contributed by atoms with Gasteiger partial charge in [0.1, 0.15) is 0 Å². The first kappa shape index (κ1) is 16.3. The van der Waals surface area contributed by atoms with E-state index in [1.54, 1.807) is 23.1 Å². The summed E-state index contributed by atoms with van der Waals surface area (Å²) in [5, 5.41) is 10.3.